The van der Waals surface area contributed by atoms with Gasteiger partial charge in [0.2, 0.25) is 0 Å². The van der Waals surface area contributed by atoms with E-state index in [2.05, 4.69) is 17.6 Å². The molecule has 1 unspecified atom stereocenters. The molecule has 1 aliphatic rings. The Morgan fingerprint density at radius 3 is 2.72 bits per heavy atom. The Kier molecular flexibility index (Phi) is 5.04. The number of rotatable bonds is 4. The van der Waals surface area contributed by atoms with E-state index < -0.39 is 0 Å². The van der Waals surface area contributed by atoms with Gasteiger partial charge in [0.15, 0.2) is 0 Å². The number of aryl methyl sites for hydroxylation is 1. The van der Waals surface area contributed by atoms with Crippen LogP contribution in [0.4, 0.5) is 0 Å². The van der Waals surface area contributed by atoms with Crippen LogP contribution in [0.15, 0.2) is 18.2 Å². The molecule has 0 aliphatic heterocycles. The molecular formula is C15H23ClN2. The third-order valence-corrected chi connectivity index (χ3v) is 4.61. The lowest BCUT2D eigenvalue weighted by atomic mass is 9.83. The van der Waals surface area contributed by atoms with Crippen molar-refractivity contribution in [2.45, 2.75) is 51.5 Å². The summed E-state index contributed by atoms with van der Waals surface area (Å²) < 4.78 is 0. The molecule has 1 aromatic carbocycles. The molecule has 0 radical (unpaired) electrons. The summed E-state index contributed by atoms with van der Waals surface area (Å²) in [6, 6.07) is 6.37. The van der Waals surface area contributed by atoms with Crippen molar-refractivity contribution in [3.05, 3.63) is 34.3 Å². The van der Waals surface area contributed by atoms with Crippen LogP contribution in [-0.2, 0) is 0 Å². The first-order chi connectivity index (χ1) is 8.72. The van der Waals surface area contributed by atoms with Gasteiger partial charge in [0.1, 0.15) is 0 Å². The van der Waals surface area contributed by atoms with Crippen molar-refractivity contribution in [2.24, 2.45) is 11.8 Å². The quantitative estimate of drug-likeness (QED) is 0.635. The molecule has 3 heteroatoms. The van der Waals surface area contributed by atoms with Crippen molar-refractivity contribution in [3.63, 3.8) is 0 Å². The lowest BCUT2D eigenvalue weighted by Gasteiger charge is -2.27. The van der Waals surface area contributed by atoms with Gasteiger partial charge in [-0.25, -0.2) is 0 Å². The fraction of sp³-hybridized carbons (Fsp3) is 0.600. The smallest absolute Gasteiger partial charge is 0.0483 e. The number of nitrogens with two attached hydrogens (primary N) is 1. The van der Waals surface area contributed by atoms with E-state index in [9.17, 15) is 0 Å². The molecule has 0 bridgehead atoms. The largest absolute Gasteiger partial charge is 0.271 e. The maximum absolute atomic E-state index is 6.39. The van der Waals surface area contributed by atoms with Gasteiger partial charge >= 0.3 is 0 Å². The molecule has 0 saturated heterocycles. The molecule has 1 aromatic rings. The zero-order valence-corrected chi connectivity index (χ0v) is 11.8. The average Bonchev–Trinajstić information content (AvgIpc) is 2.41. The van der Waals surface area contributed by atoms with E-state index in [0.717, 1.165) is 28.5 Å². The zero-order valence-electron chi connectivity index (χ0n) is 11.1. The van der Waals surface area contributed by atoms with E-state index in [1.807, 2.05) is 13.0 Å². The predicted molar refractivity (Wildman–Crippen MR) is 77.4 cm³/mol. The minimum atomic E-state index is 0.181. The lowest BCUT2D eigenvalue weighted by molar-refractivity contribution is 0.301. The van der Waals surface area contributed by atoms with Gasteiger partial charge in [0.25, 0.3) is 0 Å². The third kappa shape index (κ3) is 3.25. The normalized spacial score (nSPS) is 18.8. The van der Waals surface area contributed by atoms with Crippen molar-refractivity contribution < 1.29 is 0 Å². The lowest BCUT2D eigenvalue weighted by Crippen LogP contribution is -2.30. The van der Waals surface area contributed by atoms with E-state index in [4.69, 9.17) is 17.4 Å². The molecule has 1 aliphatic carbocycles. The summed E-state index contributed by atoms with van der Waals surface area (Å²) >= 11 is 6.39. The molecule has 1 saturated carbocycles. The molecule has 0 spiro atoms. The maximum atomic E-state index is 6.39. The van der Waals surface area contributed by atoms with Crippen LogP contribution in [0.1, 0.15) is 55.7 Å². The van der Waals surface area contributed by atoms with Crippen LogP contribution in [0.2, 0.25) is 5.02 Å². The SMILES string of the molecule is Cc1cccc(C(CC2CCCCC2)NN)c1Cl. The van der Waals surface area contributed by atoms with Crippen LogP contribution < -0.4 is 11.3 Å². The number of nitrogens with one attached hydrogen (secondary N) is 1. The topological polar surface area (TPSA) is 38.0 Å². The molecule has 2 rings (SSSR count). The van der Waals surface area contributed by atoms with Crippen molar-refractivity contribution in [1.82, 2.24) is 5.43 Å². The van der Waals surface area contributed by atoms with Crippen LogP contribution in [0.3, 0.4) is 0 Å². The van der Waals surface area contributed by atoms with E-state index in [0.29, 0.717) is 0 Å². The van der Waals surface area contributed by atoms with Crippen molar-refractivity contribution in [2.75, 3.05) is 0 Å². The molecular weight excluding hydrogens is 244 g/mol. The Labute approximate surface area is 115 Å². The van der Waals surface area contributed by atoms with Gasteiger partial charge in [-0.2, -0.15) is 0 Å². The Morgan fingerprint density at radius 1 is 1.33 bits per heavy atom. The summed E-state index contributed by atoms with van der Waals surface area (Å²) in [5, 5.41) is 0.858. The molecule has 0 heterocycles. The van der Waals surface area contributed by atoms with E-state index in [1.165, 1.54) is 32.1 Å². The van der Waals surface area contributed by atoms with E-state index in [1.54, 1.807) is 0 Å². The molecule has 2 nitrogen and oxygen atoms in total. The van der Waals surface area contributed by atoms with Gasteiger partial charge < -0.3 is 0 Å². The number of hydrazine groups is 1. The van der Waals surface area contributed by atoms with E-state index >= 15 is 0 Å². The average molecular weight is 267 g/mol. The molecule has 18 heavy (non-hydrogen) atoms. The molecule has 3 N–H and O–H groups in total. The summed E-state index contributed by atoms with van der Waals surface area (Å²) in [6.45, 7) is 2.04. The highest BCUT2D eigenvalue weighted by Crippen LogP contribution is 2.34. The van der Waals surface area contributed by atoms with Gasteiger partial charge in [0, 0.05) is 11.1 Å². The third-order valence-electron chi connectivity index (χ3n) is 4.09. The minimum Gasteiger partial charge on any atom is -0.271 e. The van der Waals surface area contributed by atoms with Gasteiger partial charge in [-0.1, -0.05) is 61.9 Å². The highest BCUT2D eigenvalue weighted by molar-refractivity contribution is 6.32. The monoisotopic (exact) mass is 266 g/mol. The molecule has 1 atom stereocenters. The van der Waals surface area contributed by atoms with Crippen LogP contribution in [0.25, 0.3) is 0 Å². The van der Waals surface area contributed by atoms with Gasteiger partial charge in [-0.05, 0) is 30.4 Å². The van der Waals surface area contributed by atoms with Gasteiger partial charge in [0.05, 0.1) is 0 Å². The Balaban J connectivity index is 2.09. The number of hydrogen-bond donors (Lipinski definition) is 2. The Morgan fingerprint density at radius 2 is 2.06 bits per heavy atom. The number of hydrogen-bond acceptors (Lipinski definition) is 2. The highest BCUT2D eigenvalue weighted by Gasteiger charge is 2.21. The first-order valence-electron chi connectivity index (χ1n) is 6.93. The molecule has 0 amide bonds. The second kappa shape index (κ2) is 6.55. The Bertz CT molecular complexity index is 386. The second-order valence-electron chi connectivity index (χ2n) is 5.44. The standard InChI is InChI=1S/C15H23ClN2/c1-11-6-5-9-13(15(11)16)14(18-17)10-12-7-3-2-4-8-12/h5-6,9,12,14,18H,2-4,7-8,10,17H2,1H3. The van der Waals surface area contributed by atoms with Gasteiger partial charge in [-0.3, -0.25) is 11.3 Å². The minimum absolute atomic E-state index is 0.181. The summed E-state index contributed by atoms with van der Waals surface area (Å²) in [7, 11) is 0. The van der Waals surface area contributed by atoms with Crippen LogP contribution in [0.5, 0.6) is 0 Å². The first kappa shape index (κ1) is 13.9. The summed E-state index contributed by atoms with van der Waals surface area (Å²) in [6.07, 6.45) is 7.89. The number of benzene rings is 1. The van der Waals surface area contributed by atoms with Crippen LogP contribution in [-0.4, -0.2) is 0 Å². The molecule has 100 valence electrons. The van der Waals surface area contributed by atoms with Crippen LogP contribution in [0, 0.1) is 12.8 Å². The fourth-order valence-electron chi connectivity index (χ4n) is 2.98. The van der Waals surface area contributed by atoms with Crippen molar-refractivity contribution in [3.8, 4) is 0 Å². The maximum Gasteiger partial charge on any atom is 0.0483 e. The predicted octanol–water partition coefficient (Wildman–Crippen LogP) is 4.12. The summed E-state index contributed by atoms with van der Waals surface area (Å²) in [5.74, 6) is 6.52. The zero-order chi connectivity index (χ0) is 13.0. The molecule has 1 fully saturated rings. The highest BCUT2D eigenvalue weighted by atomic mass is 35.5. The van der Waals surface area contributed by atoms with E-state index in [-0.39, 0.29) is 6.04 Å². The first-order valence-corrected chi connectivity index (χ1v) is 7.31. The van der Waals surface area contributed by atoms with Crippen molar-refractivity contribution >= 4 is 11.6 Å². The Hall–Kier alpha value is -0.570. The second-order valence-corrected chi connectivity index (χ2v) is 5.82. The van der Waals surface area contributed by atoms with Gasteiger partial charge in [-0.15, -0.1) is 0 Å². The van der Waals surface area contributed by atoms with Crippen molar-refractivity contribution in [1.29, 1.82) is 0 Å². The number of halogens is 1. The van der Waals surface area contributed by atoms with Crippen LogP contribution >= 0.6 is 11.6 Å². The molecule has 0 aromatic heterocycles. The fourth-order valence-corrected chi connectivity index (χ4v) is 3.24. The summed E-state index contributed by atoms with van der Waals surface area (Å²) in [4.78, 5) is 0. The summed E-state index contributed by atoms with van der Waals surface area (Å²) in [5.41, 5.74) is 5.22.